The first-order valence-corrected chi connectivity index (χ1v) is 8.72. The van der Waals surface area contributed by atoms with Crippen molar-refractivity contribution in [2.45, 2.75) is 19.4 Å². The fourth-order valence-corrected chi connectivity index (χ4v) is 2.86. The molecule has 1 unspecified atom stereocenters. The lowest BCUT2D eigenvalue weighted by atomic mass is 10.0. The zero-order valence-electron chi connectivity index (χ0n) is 15.1. The number of carbonyl (C=O) groups excluding carboxylic acids is 1. The summed E-state index contributed by atoms with van der Waals surface area (Å²) < 4.78 is 16.4. The zero-order chi connectivity index (χ0) is 18.5. The number of ether oxygens (including phenoxy) is 3. The van der Waals surface area contributed by atoms with Crippen LogP contribution in [0.1, 0.15) is 24.9 Å². The molecule has 2 aromatic carbocycles. The Morgan fingerprint density at radius 2 is 1.92 bits per heavy atom. The van der Waals surface area contributed by atoms with Crippen LogP contribution in [0.4, 0.5) is 5.69 Å². The summed E-state index contributed by atoms with van der Waals surface area (Å²) in [5.41, 5.74) is 7.87. The summed E-state index contributed by atoms with van der Waals surface area (Å²) in [7, 11) is 1.62. The first-order chi connectivity index (χ1) is 12.6. The maximum absolute atomic E-state index is 12.3. The Hall–Kier alpha value is -2.73. The molecule has 1 aliphatic rings. The maximum atomic E-state index is 12.3. The number of carbonyl (C=O) groups is 1. The molecule has 0 saturated heterocycles. The van der Waals surface area contributed by atoms with Gasteiger partial charge in [0.15, 0.2) is 6.61 Å². The monoisotopic (exact) mass is 356 g/mol. The van der Waals surface area contributed by atoms with Gasteiger partial charge in [-0.3, -0.25) is 4.79 Å². The highest BCUT2D eigenvalue weighted by Crippen LogP contribution is 2.34. The van der Waals surface area contributed by atoms with Crippen LogP contribution in [-0.4, -0.2) is 32.8 Å². The number of methoxy groups -OCH3 is 1. The highest BCUT2D eigenvalue weighted by molar-refractivity contribution is 5.97. The van der Waals surface area contributed by atoms with E-state index in [1.807, 2.05) is 49.4 Å². The van der Waals surface area contributed by atoms with Gasteiger partial charge < -0.3 is 24.8 Å². The van der Waals surface area contributed by atoms with Gasteiger partial charge in [-0.15, -0.1) is 0 Å². The number of amides is 1. The number of fused-ring (bicyclic) bond motifs is 1. The second-order valence-corrected chi connectivity index (χ2v) is 6.10. The first-order valence-electron chi connectivity index (χ1n) is 8.72. The van der Waals surface area contributed by atoms with Gasteiger partial charge in [-0.2, -0.15) is 0 Å². The fourth-order valence-electron chi connectivity index (χ4n) is 2.86. The molecular formula is C20H24N2O4. The third kappa shape index (κ3) is 3.91. The predicted octanol–water partition coefficient (Wildman–Crippen LogP) is 2.91. The average molecular weight is 356 g/mol. The molecule has 0 aromatic heterocycles. The van der Waals surface area contributed by atoms with Gasteiger partial charge in [0.05, 0.1) is 19.3 Å². The molecular weight excluding hydrogens is 332 g/mol. The molecule has 0 fully saturated rings. The third-order valence-corrected chi connectivity index (χ3v) is 4.44. The Labute approximate surface area is 153 Å². The van der Waals surface area contributed by atoms with E-state index in [1.54, 1.807) is 12.0 Å². The van der Waals surface area contributed by atoms with Crippen molar-refractivity contribution in [3.63, 3.8) is 0 Å². The van der Waals surface area contributed by atoms with Gasteiger partial charge in [0.2, 0.25) is 0 Å². The quantitative estimate of drug-likeness (QED) is 0.826. The van der Waals surface area contributed by atoms with E-state index in [2.05, 4.69) is 0 Å². The first kappa shape index (κ1) is 18.1. The van der Waals surface area contributed by atoms with Crippen LogP contribution in [0.2, 0.25) is 0 Å². The van der Waals surface area contributed by atoms with Crippen LogP contribution in [0, 0.1) is 0 Å². The van der Waals surface area contributed by atoms with Crippen LogP contribution in [-0.2, 0) is 4.79 Å². The van der Waals surface area contributed by atoms with Gasteiger partial charge in [0, 0.05) is 6.04 Å². The largest absolute Gasteiger partial charge is 0.497 e. The lowest BCUT2D eigenvalue weighted by Gasteiger charge is -2.30. The normalized spacial score (nSPS) is 14.4. The Kier molecular flexibility index (Phi) is 5.63. The van der Waals surface area contributed by atoms with E-state index in [0.29, 0.717) is 18.9 Å². The van der Waals surface area contributed by atoms with E-state index in [1.165, 1.54) is 0 Å². The second-order valence-electron chi connectivity index (χ2n) is 6.10. The average Bonchev–Trinajstić information content (AvgIpc) is 2.69. The predicted molar refractivity (Wildman–Crippen MR) is 100.0 cm³/mol. The Bertz CT molecular complexity index is 761. The standard InChI is InChI=1S/C20H24N2O4/c1-3-17(21)14-4-9-19-18(12-14)22(20(23)13-26-19)10-11-25-16-7-5-15(24-2)6-8-16/h4-9,12,17H,3,10-11,13,21H2,1-2H3. The van der Waals surface area contributed by atoms with Crippen molar-refractivity contribution in [3.8, 4) is 17.2 Å². The van der Waals surface area contributed by atoms with Crippen LogP contribution in [0.3, 0.4) is 0 Å². The number of nitrogens with zero attached hydrogens (tertiary/aromatic N) is 1. The molecule has 0 spiro atoms. The number of hydrogen-bond donors (Lipinski definition) is 1. The number of hydrogen-bond acceptors (Lipinski definition) is 5. The molecule has 0 saturated carbocycles. The number of benzene rings is 2. The summed E-state index contributed by atoms with van der Waals surface area (Å²) in [6.07, 6.45) is 0.828. The molecule has 26 heavy (non-hydrogen) atoms. The zero-order valence-corrected chi connectivity index (χ0v) is 15.1. The molecule has 6 heteroatoms. The van der Waals surface area contributed by atoms with Gasteiger partial charge in [-0.25, -0.2) is 0 Å². The van der Waals surface area contributed by atoms with Crippen molar-refractivity contribution in [3.05, 3.63) is 48.0 Å². The maximum Gasteiger partial charge on any atom is 0.265 e. The smallest absolute Gasteiger partial charge is 0.265 e. The Morgan fingerprint density at radius 3 is 2.62 bits per heavy atom. The summed E-state index contributed by atoms with van der Waals surface area (Å²) in [6.45, 7) is 2.88. The summed E-state index contributed by atoms with van der Waals surface area (Å²) in [5.74, 6) is 2.11. The van der Waals surface area contributed by atoms with Crippen molar-refractivity contribution in [1.82, 2.24) is 0 Å². The Balaban J connectivity index is 1.70. The highest BCUT2D eigenvalue weighted by atomic mass is 16.5. The van der Waals surface area contributed by atoms with Crippen LogP contribution in [0.25, 0.3) is 0 Å². The molecule has 1 atom stereocenters. The SMILES string of the molecule is CCC(N)c1ccc2c(c1)N(CCOc1ccc(OC)cc1)C(=O)CO2. The molecule has 0 aliphatic carbocycles. The summed E-state index contributed by atoms with van der Waals surface area (Å²) >= 11 is 0. The van der Waals surface area contributed by atoms with Gasteiger partial charge >= 0.3 is 0 Å². The number of nitrogens with two attached hydrogens (primary N) is 1. The van der Waals surface area contributed by atoms with E-state index in [-0.39, 0.29) is 18.6 Å². The van der Waals surface area contributed by atoms with Gasteiger partial charge in [0.1, 0.15) is 23.9 Å². The topological polar surface area (TPSA) is 74.0 Å². The molecule has 1 amide bonds. The molecule has 1 heterocycles. The van der Waals surface area contributed by atoms with Crippen LogP contribution in [0.5, 0.6) is 17.2 Å². The fraction of sp³-hybridized carbons (Fsp3) is 0.350. The Morgan fingerprint density at radius 1 is 1.19 bits per heavy atom. The van der Waals surface area contributed by atoms with Crippen molar-refractivity contribution < 1.29 is 19.0 Å². The number of rotatable bonds is 7. The summed E-state index contributed by atoms with van der Waals surface area (Å²) in [6, 6.07) is 13.1. The van der Waals surface area contributed by atoms with Crippen LogP contribution >= 0.6 is 0 Å². The van der Waals surface area contributed by atoms with Gasteiger partial charge in [0.25, 0.3) is 5.91 Å². The minimum atomic E-state index is -0.0851. The summed E-state index contributed by atoms with van der Waals surface area (Å²) in [5, 5.41) is 0. The van der Waals surface area contributed by atoms with E-state index in [9.17, 15) is 4.79 Å². The van der Waals surface area contributed by atoms with Gasteiger partial charge in [-0.1, -0.05) is 13.0 Å². The molecule has 2 aromatic rings. The molecule has 6 nitrogen and oxygen atoms in total. The molecule has 3 rings (SSSR count). The molecule has 138 valence electrons. The summed E-state index contributed by atoms with van der Waals surface area (Å²) in [4.78, 5) is 14.0. The van der Waals surface area contributed by atoms with E-state index >= 15 is 0 Å². The number of anilines is 1. The minimum absolute atomic E-state index is 0.0364. The van der Waals surface area contributed by atoms with E-state index in [0.717, 1.165) is 29.2 Å². The van der Waals surface area contributed by atoms with Crippen molar-refractivity contribution in [2.75, 3.05) is 31.8 Å². The van der Waals surface area contributed by atoms with E-state index in [4.69, 9.17) is 19.9 Å². The lowest BCUT2D eigenvalue weighted by molar-refractivity contribution is -0.121. The molecule has 0 bridgehead atoms. The lowest BCUT2D eigenvalue weighted by Crippen LogP contribution is -2.41. The third-order valence-electron chi connectivity index (χ3n) is 4.44. The van der Waals surface area contributed by atoms with Crippen LogP contribution in [0.15, 0.2) is 42.5 Å². The van der Waals surface area contributed by atoms with E-state index < -0.39 is 0 Å². The molecule has 1 aliphatic heterocycles. The van der Waals surface area contributed by atoms with Crippen molar-refractivity contribution in [2.24, 2.45) is 5.73 Å². The highest BCUT2D eigenvalue weighted by Gasteiger charge is 2.26. The van der Waals surface area contributed by atoms with Gasteiger partial charge in [-0.05, 0) is 48.4 Å². The molecule has 0 radical (unpaired) electrons. The van der Waals surface area contributed by atoms with Crippen molar-refractivity contribution in [1.29, 1.82) is 0 Å². The minimum Gasteiger partial charge on any atom is -0.497 e. The second kappa shape index (κ2) is 8.10. The molecule has 2 N–H and O–H groups in total. The van der Waals surface area contributed by atoms with Crippen LogP contribution < -0.4 is 24.8 Å². The van der Waals surface area contributed by atoms with Crippen molar-refractivity contribution >= 4 is 11.6 Å².